The maximum Gasteiger partial charge on any atom is 0.247 e. The fourth-order valence-electron chi connectivity index (χ4n) is 5.42. The largest absolute Gasteiger partial charge is 0.351 e. The van der Waals surface area contributed by atoms with Crippen LogP contribution in [0.15, 0.2) is 12.1 Å². The van der Waals surface area contributed by atoms with Crippen molar-refractivity contribution < 1.29 is 13.6 Å². The number of carbonyl (C=O) groups is 1. The molecule has 0 radical (unpaired) electrons. The molecule has 2 aromatic rings. The molecule has 176 valence electrons. The van der Waals surface area contributed by atoms with E-state index in [9.17, 15) is 13.6 Å². The van der Waals surface area contributed by atoms with Crippen LogP contribution in [0, 0.1) is 30.4 Å². The summed E-state index contributed by atoms with van der Waals surface area (Å²) in [4.78, 5) is 26.0. The zero-order valence-corrected chi connectivity index (χ0v) is 19.5. The maximum absolute atomic E-state index is 13.5. The van der Waals surface area contributed by atoms with Crippen LogP contribution in [0.2, 0.25) is 0 Å². The third-order valence-electron chi connectivity index (χ3n) is 7.09. The second kappa shape index (κ2) is 8.20. The van der Waals surface area contributed by atoms with Crippen LogP contribution in [0.1, 0.15) is 43.5 Å². The molecule has 1 aliphatic carbocycles. The van der Waals surface area contributed by atoms with E-state index in [-0.39, 0.29) is 23.9 Å². The smallest absolute Gasteiger partial charge is 0.247 e. The summed E-state index contributed by atoms with van der Waals surface area (Å²) in [6.45, 7) is 8.19. The van der Waals surface area contributed by atoms with Crippen LogP contribution in [0.25, 0.3) is 0 Å². The summed E-state index contributed by atoms with van der Waals surface area (Å²) in [6, 6.07) is 2.68. The van der Waals surface area contributed by atoms with Crippen molar-refractivity contribution in [2.24, 2.45) is 11.8 Å². The topological polar surface area (TPSA) is 73.4 Å². The monoisotopic (exact) mass is 456 g/mol. The number of carbonyl (C=O) groups excluding carboxylic acids is 1. The van der Waals surface area contributed by atoms with Crippen molar-refractivity contribution in [3.63, 3.8) is 0 Å². The van der Waals surface area contributed by atoms with Gasteiger partial charge in [0, 0.05) is 32.7 Å². The van der Waals surface area contributed by atoms with Crippen molar-refractivity contribution in [2.75, 3.05) is 29.1 Å². The van der Waals surface area contributed by atoms with Gasteiger partial charge in [0.1, 0.15) is 11.7 Å². The number of nitrogens with zero attached hydrogens (tertiary/aromatic N) is 4. The Labute approximate surface area is 192 Å². The van der Waals surface area contributed by atoms with E-state index in [0.29, 0.717) is 30.6 Å². The van der Waals surface area contributed by atoms with Gasteiger partial charge >= 0.3 is 0 Å². The Kier molecular flexibility index (Phi) is 5.47. The minimum atomic E-state index is -0.770. The van der Waals surface area contributed by atoms with Gasteiger partial charge in [0.15, 0.2) is 17.5 Å². The number of halogens is 2. The molecule has 1 saturated carbocycles. The molecule has 3 aliphatic rings. The second-order valence-corrected chi connectivity index (χ2v) is 10.0. The lowest BCUT2D eigenvalue weighted by molar-refractivity contribution is -0.118. The lowest BCUT2D eigenvalue weighted by Gasteiger charge is -2.39. The van der Waals surface area contributed by atoms with Gasteiger partial charge in [-0.1, -0.05) is 13.8 Å². The van der Waals surface area contributed by atoms with Gasteiger partial charge < -0.3 is 15.5 Å². The van der Waals surface area contributed by atoms with Gasteiger partial charge in [-0.25, -0.2) is 13.8 Å². The zero-order valence-electron chi connectivity index (χ0n) is 19.5. The molecule has 2 aliphatic heterocycles. The van der Waals surface area contributed by atoms with Crippen LogP contribution in [-0.2, 0) is 17.9 Å². The van der Waals surface area contributed by atoms with E-state index in [4.69, 9.17) is 4.98 Å². The Balaban J connectivity index is 1.19. The van der Waals surface area contributed by atoms with Crippen LogP contribution in [0.5, 0.6) is 0 Å². The number of anilines is 3. The Hall–Kier alpha value is -2.81. The minimum Gasteiger partial charge on any atom is -0.351 e. The Morgan fingerprint density at radius 3 is 2.39 bits per heavy atom. The summed E-state index contributed by atoms with van der Waals surface area (Å²) in [7, 11) is 1.91. The van der Waals surface area contributed by atoms with Crippen molar-refractivity contribution >= 4 is 23.4 Å². The van der Waals surface area contributed by atoms with Crippen LogP contribution in [0.3, 0.4) is 0 Å². The molecule has 3 heterocycles. The molecule has 0 unspecified atom stereocenters. The molecule has 1 atom stereocenters. The summed E-state index contributed by atoms with van der Waals surface area (Å²) in [5.74, 6) is 0.448. The molecule has 5 rings (SSSR count). The van der Waals surface area contributed by atoms with Gasteiger partial charge in [-0.05, 0) is 54.9 Å². The zero-order chi connectivity index (χ0) is 23.4. The summed E-state index contributed by atoms with van der Waals surface area (Å²) >= 11 is 0. The fraction of sp³-hybridized carbons (Fsp3) is 0.542. The Morgan fingerprint density at radius 1 is 1.15 bits per heavy atom. The van der Waals surface area contributed by atoms with Crippen LogP contribution >= 0.6 is 0 Å². The number of nitrogens with one attached hydrogen (secondary N) is 2. The third kappa shape index (κ3) is 4.03. The Bertz CT molecular complexity index is 1070. The normalized spacial score (nSPS) is 24.4. The number of aryl methyl sites for hydroxylation is 1. The number of amides is 1. The van der Waals surface area contributed by atoms with E-state index in [1.807, 2.05) is 32.7 Å². The molecule has 0 spiro atoms. The number of benzene rings is 1. The number of rotatable bonds is 5. The van der Waals surface area contributed by atoms with Gasteiger partial charge in [-0.2, -0.15) is 4.98 Å². The standard InChI is InChI=1S/C24H30F2N6O/c1-12(2)21-23(33)29-20-13(3)27-24(30-22(20)31(21)4)28-17-5-14(6-17)9-32-10-15-7-18(25)19(26)8-16(15)11-32/h7-8,12,14,17,21H,5-6,9-11H2,1-4H3,(H,29,33)(H,27,28,30)/t14?,17?,21-/m0/s1. The average molecular weight is 457 g/mol. The van der Waals surface area contributed by atoms with Gasteiger partial charge in [-0.15, -0.1) is 0 Å². The first-order valence-electron chi connectivity index (χ1n) is 11.6. The first-order chi connectivity index (χ1) is 15.7. The predicted octanol–water partition coefficient (Wildman–Crippen LogP) is 3.68. The van der Waals surface area contributed by atoms with Gasteiger partial charge in [0.05, 0.1) is 5.69 Å². The van der Waals surface area contributed by atoms with Gasteiger partial charge in [0.2, 0.25) is 11.9 Å². The van der Waals surface area contributed by atoms with Crippen LogP contribution in [-0.4, -0.2) is 46.5 Å². The van der Waals surface area contributed by atoms with E-state index in [0.717, 1.165) is 42.0 Å². The van der Waals surface area contributed by atoms with E-state index in [1.165, 1.54) is 12.1 Å². The highest BCUT2D eigenvalue weighted by atomic mass is 19.2. The molecule has 7 nitrogen and oxygen atoms in total. The van der Waals surface area contributed by atoms with E-state index < -0.39 is 11.6 Å². The quantitative estimate of drug-likeness (QED) is 0.715. The molecule has 1 aromatic heterocycles. The third-order valence-corrected chi connectivity index (χ3v) is 7.09. The molecular formula is C24H30F2N6O. The summed E-state index contributed by atoms with van der Waals surface area (Å²) in [6.07, 6.45) is 1.99. The summed E-state index contributed by atoms with van der Waals surface area (Å²) in [5, 5.41) is 6.43. The number of fused-ring (bicyclic) bond motifs is 2. The Morgan fingerprint density at radius 2 is 1.79 bits per heavy atom. The fourth-order valence-corrected chi connectivity index (χ4v) is 5.42. The predicted molar refractivity (Wildman–Crippen MR) is 123 cm³/mol. The average Bonchev–Trinajstić information content (AvgIpc) is 3.08. The highest BCUT2D eigenvalue weighted by molar-refractivity contribution is 6.03. The van der Waals surface area contributed by atoms with E-state index >= 15 is 0 Å². The number of aromatic nitrogens is 2. The highest BCUT2D eigenvalue weighted by Gasteiger charge is 2.36. The lowest BCUT2D eigenvalue weighted by Crippen LogP contribution is -2.50. The van der Waals surface area contributed by atoms with Crippen molar-refractivity contribution in [3.8, 4) is 0 Å². The number of likely N-dealkylation sites (N-methyl/N-ethyl adjacent to an activating group) is 1. The molecule has 9 heteroatoms. The molecule has 2 N–H and O–H groups in total. The molecular weight excluding hydrogens is 426 g/mol. The number of hydrogen-bond acceptors (Lipinski definition) is 6. The van der Waals surface area contributed by atoms with Crippen molar-refractivity contribution in [3.05, 3.63) is 40.6 Å². The molecule has 1 fully saturated rings. The molecule has 0 bridgehead atoms. The van der Waals surface area contributed by atoms with Crippen molar-refractivity contribution in [1.29, 1.82) is 0 Å². The summed E-state index contributed by atoms with van der Waals surface area (Å²) in [5.41, 5.74) is 3.20. The van der Waals surface area contributed by atoms with Gasteiger partial charge in [-0.3, -0.25) is 9.69 Å². The molecule has 0 saturated heterocycles. The maximum atomic E-state index is 13.5. The van der Waals surface area contributed by atoms with E-state index in [2.05, 4.69) is 20.5 Å². The molecule has 1 aromatic carbocycles. The summed E-state index contributed by atoms with van der Waals surface area (Å²) < 4.78 is 27.0. The highest BCUT2D eigenvalue weighted by Crippen LogP contribution is 2.36. The first kappa shape index (κ1) is 22.0. The first-order valence-corrected chi connectivity index (χ1v) is 11.6. The molecule has 33 heavy (non-hydrogen) atoms. The lowest BCUT2D eigenvalue weighted by atomic mass is 9.80. The van der Waals surface area contributed by atoms with Crippen molar-refractivity contribution in [2.45, 2.75) is 58.8 Å². The van der Waals surface area contributed by atoms with Gasteiger partial charge in [0.25, 0.3) is 0 Å². The second-order valence-electron chi connectivity index (χ2n) is 10.0. The minimum absolute atomic E-state index is 0.0243. The van der Waals surface area contributed by atoms with Crippen LogP contribution in [0.4, 0.5) is 26.2 Å². The van der Waals surface area contributed by atoms with E-state index in [1.54, 1.807) is 0 Å². The number of hydrogen-bond donors (Lipinski definition) is 2. The molecule has 1 amide bonds. The van der Waals surface area contributed by atoms with Crippen LogP contribution < -0.4 is 15.5 Å². The SMILES string of the molecule is Cc1nc(NC2CC(CN3Cc4cc(F)c(F)cc4C3)C2)nc2c1NC(=O)[C@H](C(C)C)N2C. The van der Waals surface area contributed by atoms with Crippen molar-refractivity contribution in [1.82, 2.24) is 14.9 Å².